The molecule has 0 unspecified atom stereocenters. The zero-order chi connectivity index (χ0) is 15.9. The van der Waals surface area contributed by atoms with Gasteiger partial charge in [0.25, 0.3) is 5.91 Å². The van der Waals surface area contributed by atoms with Gasteiger partial charge in [-0.25, -0.2) is 0 Å². The number of fused-ring (bicyclic) bond motifs is 3. The first kappa shape index (κ1) is 15.1. The van der Waals surface area contributed by atoms with E-state index in [2.05, 4.69) is 26.0 Å². The van der Waals surface area contributed by atoms with Gasteiger partial charge in [-0.3, -0.25) is 4.79 Å². The van der Waals surface area contributed by atoms with Crippen molar-refractivity contribution < 1.29 is 9.90 Å². The molecule has 0 spiro atoms. The van der Waals surface area contributed by atoms with Crippen molar-refractivity contribution in [3.8, 4) is 0 Å². The van der Waals surface area contributed by atoms with E-state index >= 15 is 0 Å². The van der Waals surface area contributed by atoms with E-state index in [1.807, 2.05) is 16.5 Å². The van der Waals surface area contributed by atoms with E-state index in [0.717, 1.165) is 42.6 Å². The van der Waals surface area contributed by atoms with Gasteiger partial charge in [0.1, 0.15) is 5.69 Å². The molecule has 0 atom stereocenters. The Morgan fingerprint density at radius 2 is 2.00 bits per heavy atom. The van der Waals surface area contributed by atoms with Gasteiger partial charge >= 0.3 is 0 Å². The molecule has 0 saturated heterocycles. The maximum absolute atomic E-state index is 12.9. The number of aryl methyl sites for hydroxylation is 3. The van der Waals surface area contributed by atoms with Gasteiger partial charge < -0.3 is 14.6 Å². The number of nitrogens with zero attached hydrogens (tertiary/aromatic N) is 2. The van der Waals surface area contributed by atoms with Crippen LogP contribution < -0.4 is 0 Å². The number of aliphatic hydroxyl groups is 1. The normalized spacial score (nSPS) is 15.8. The smallest absolute Gasteiger partial charge is 0.270 e. The number of aliphatic hydroxyl groups excluding tert-OH is 1. The molecule has 3 rings (SSSR count). The van der Waals surface area contributed by atoms with Crippen LogP contribution in [0.4, 0.5) is 0 Å². The van der Waals surface area contributed by atoms with Crippen molar-refractivity contribution >= 4 is 16.8 Å². The summed E-state index contributed by atoms with van der Waals surface area (Å²) in [4.78, 5) is 14.7. The van der Waals surface area contributed by atoms with Gasteiger partial charge in [-0.1, -0.05) is 12.1 Å². The van der Waals surface area contributed by atoms with Crippen molar-refractivity contribution in [3.05, 3.63) is 34.5 Å². The van der Waals surface area contributed by atoms with E-state index in [1.54, 1.807) is 0 Å². The fraction of sp³-hybridized carbons (Fsp3) is 0.500. The topological polar surface area (TPSA) is 45.5 Å². The van der Waals surface area contributed by atoms with Crippen LogP contribution in [0.3, 0.4) is 0 Å². The zero-order valence-corrected chi connectivity index (χ0v) is 13.6. The number of amides is 1. The third kappa shape index (κ3) is 2.22. The van der Waals surface area contributed by atoms with Crippen LogP contribution in [0.2, 0.25) is 0 Å². The second kappa shape index (κ2) is 5.76. The fourth-order valence-corrected chi connectivity index (χ4v) is 3.55. The molecule has 118 valence electrons. The lowest BCUT2D eigenvalue weighted by Crippen LogP contribution is -2.32. The Labute approximate surface area is 131 Å². The Morgan fingerprint density at radius 1 is 1.23 bits per heavy atom. The van der Waals surface area contributed by atoms with Gasteiger partial charge in [-0.05, 0) is 49.8 Å². The molecule has 0 fully saturated rings. The van der Waals surface area contributed by atoms with Gasteiger partial charge in [0.05, 0.1) is 12.1 Å². The second-order valence-electron chi connectivity index (χ2n) is 6.29. The lowest BCUT2D eigenvalue weighted by atomic mass is 9.99. The van der Waals surface area contributed by atoms with Crippen molar-refractivity contribution in [3.63, 3.8) is 0 Å². The van der Waals surface area contributed by atoms with E-state index in [-0.39, 0.29) is 12.5 Å². The van der Waals surface area contributed by atoms with Crippen LogP contribution in [0.1, 0.15) is 40.0 Å². The quantitative estimate of drug-likeness (QED) is 0.927. The van der Waals surface area contributed by atoms with E-state index in [4.69, 9.17) is 0 Å². The summed E-state index contributed by atoms with van der Waals surface area (Å²) in [6, 6.07) is 4.27. The molecule has 2 heterocycles. The Morgan fingerprint density at radius 3 is 2.73 bits per heavy atom. The monoisotopic (exact) mass is 300 g/mol. The molecule has 0 saturated carbocycles. The number of aromatic nitrogens is 1. The Hall–Kier alpha value is -1.81. The predicted molar refractivity (Wildman–Crippen MR) is 88.4 cm³/mol. The van der Waals surface area contributed by atoms with Crippen molar-refractivity contribution in [2.24, 2.45) is 0 Å². The largest absolute Gasteiger partial charge is 0.395 e. The number of carbonyl (C=O) groups is 1. The summed E-state index contributed by atoms with van der Waals surface area (Å²) < 4.78 is 2.04. The number of benzene rings is 1. The highest BCUT2D eigenvalue weighted by Gasteiger charge is 2.27. The van der Waals surface area contributed by atoms with E-state index in [1.165, 1.54) is 16.5 Å². The molecular weight excluding hydrogens is 276 g/mol. The van der Waals surface area contributed by atoms with Crippen LogP contribution >= 0.6 is 0 Å². The minimum atomic E-state index is 0.0423. The van der Waals surface area contributed by atoms with Crippen molar-refractivity contribution in [1.29, 1.82) is 0 Å². The van der Waals surface area contributed by atoms with Crippen LogP contribution in [0.5, 0.6) is 0 Å². The third-order valence-electron chi connectivity index (χ3n) is 4.90. The maximum Gasteiger partial charge on any atom is 0.270 e. The molecule has 0 bridgehead atoms. The summed E-state index contributed by atoms with van der Waals surface area (Å²) >= 11 is 0. The number of hydrogen-bond acceptors (Lipinski definition) is 2. The van der Waals surface area contributed by atoms with Crippen LogP contribution in [0, 0.1) is 13.8 Å². The number of rotatable bonds is 2. The average molecular weight is 300 g/mol. The predicted octanol–water partition coefficient (Wildman–Crippen LogP) is 2.66. The fourth-order valence-electron chi connectivity index (χ4n) is 3.55. The molecule has 1 aliphatic heterocycles. The average Bonchev–Trinajstić information content (AvgIpc) is 2.79. The van der Waals surface area contributed by atoms with Crippen molar-refractivity contribution in [2.75, 3.05) is 20.2 Å². The van der Waals surface area contributed by atoms with E-state index in [0.29, 0.717) is 6.54 Å². The summed E-state index contributed by atoms with van der Waals surface area (Å²) in [6.07, 6.45) is 3.07. The number of hydrogen-bond donors (Lipinski definition) is 1. The minimum Gasteiger partial charge on any atom is -0.395 e. The van der Waals surface area contributed by atoms with Crippen molar-refractivity contribution in [2.45, 2.75) is 39.7 Å². The van der Waals surface area contributed by atoms with Crippen LogP contribution in [-0.4, -0.2) is 40.7 Å². The highest BCUT2D eigenvalue weighted by molar-refractivity contribution is 6.02. The van der Waals surface area contributed by atoms with E-state index in [9.17, 15) is 9.90 Å². The standard InChI is InChI=1S/C18H24N2O2/c1-12-7-8-15-14-6-4-5-9-19(3)18(22)17(14)20(10-11-21)16(15)13(12)2/h7-8,21H,4-6,9-11H2,1-3H3. The zero-order valence-electron chi connectivity index (χ0n) is 13.6. The summed E-state index contributed by atoms with van der Waals surface area (Å²) in [6.45, 7) is 5.51. The second-order valence-corrected chi connectivity index (χ2v) is 6.29. The van der Waals surface area contributed by atoms with E-state index < -0.39 is 0 Å². The van der Waals surface area contributed by atoms with Crippen LogP contribution in [-0.2, 0) is 13.0 Å². The van der Waals surface area contributed by atoms with Crippen LogP contribution in [0.25, 0.3) is 10.9 Å². The highest BCUT2D eigenvalue weighted by atomic mass is 16.3. The van der Waals surface area contributed by atoms with Gasteiger partial charge in [0.2, 0.25) is 0 Å². The van der Waals surface area contributed by atoms with Gasteiger partial charge in [-0.2, -0.15) is 0 Å². The molecule has 4 heteroatoms. The third-order valence-corrected chi connectivity index (χ3v) is 4.90. The molecule has 1 aromatic heterocycles. The summed E-state index contributed by atoms with van der Waals surface area (Å²) in [5.41, 5.74) is 5.47. The molecule has 4 nitrogen and oxygen atoms in total. The van der Waals surface area contributed by atoms with Crippen LogP contribution in [0.15, 0.2) is 12.1 Å². The van der Waals surface area contributed by atoms with Gasteiger partial charge in [-0.15, -0.1) is 0 Å². The first-order chi connectivity index (χ1) is 10.6. The first-order valence-corrected chi connectivity index (χ1v) is 8.04. The molecule has 1 aliphatic rings. The lowest BCUT2D eigenvalue weighted by Gasteiger charge is -2.22. The molecule has 2 aromatic rings. The Kier molecular flexibility index (Phi) is 3.96. The molecule has 1 aromatic carbocycles. The Balaban J connectivity index is 2.37. The molecule has 1 amide bonds. The first-order valence-electron chi connectivity index (χ1n) is 8.04. The summed E-state index contributed by atoms with van der Waals surface area (Å²) in [5, 5.41) is 10.7. The van der Waals surface area contributed by atoms with Crippen molar-refractivity contribution in [1.82, 2.24) is 9.47 Å². The summed E-state index contributed by atoms with van der Waals surface area (Å²) in [5.74, 6) is 0.0800. The minimum absolute atomic E-state index is 0.0423. The SMILES string of the molecule is Cc1ccc2c3c(n(CCO)c2c1C)C(=O)N(C)CCCC3. The Bertz CT molecular complexity index is 730. The lowest BCUT2D eigenvalue weighted by molar-refractivity contribution is 0.0776. The summed E-state index contributed by atoms with van der Waals surface area (Å²) in [7, 11) is 1.87. The number of carbonyl (C=O) groups excluding carboxylic acids is 1. The van der Waals surface area contributed by atoms with Gasteiger partial charge in [0, 0.05) is 25.5 Å². The molecule has 1 N–H and O–H groups in total. The molecule has 0 radical (unpaired) electrons. The molecule has 22 heavy (non-hydrogen) atoms. The van der Waals surface area contributed by atoms with Gasteiger partial charge in [0.15, 0.2) is 0 Å². The highest BCUT2D eigenvalue weighted by Crippen LogP contribution is 2.33. The maximum atomic E-state index is 12.9. The molecule has 0 aliphatic carbocycles. The molecular formula is C18H24N2O2.